The molecule has 0 heterocycles. The summed E-state index contributed by atoms with van der Waals surface area (Å²) >= 11 is 0. The monoisotopic (exact) mass is 201 g/mol. The molecule has 1 rings (SSSR count). The van der Waals surface area contributed by atoms with Crippen molar-refractivity contribution in [2.75, 3.05) is 20.3 Å². The standard InChI is InChI=1S/C10H19NO3/c1-7(8-3-4-8)10(13)11-9(5-12)6-14-2/h7-9,12H,3-6H2,1-2H3,(H,11,13). The molecular formula is C10H19NO3. The van der Waals surface area contributed by atoms with Crippen molar-refractivity contribution in [2.24, 2.45) is 11.8 Å². The van der Waals surface area contributed by atoms with Crippen LogP contribution in [0.1, 0.15) is 19.8 Å². The number of ether oxygens (including phenoxy) is 1. The van der Waals surface area contributed by atoms with Crippen molar-refractivity contribution in [3.63, 3.8) is 0 Å². The van der Waals surface area contributed by atoms with Gasteiger partial charge in [-0.3, -0.25) is 4.79 Å². The van der Waals surface area contributed by atoms with E-state index in [4.69, 9.17) is 9.84 Å². The summed E-state index contributed by atoms with van der Waals surface area (Å²) in [4.78, 5) is 11.6. The Hall–Kier alpha value is -0.610. The van der Waals surface area contributed by atoms with E-state index in [1.54, 1.807) is 7.11 Å². The van der Waals surface area contributed by atoms with Crippen molar-refractivity contribution < 1.29 is 14.6 Å². The Bertz CT molecular complexity index is 192. The highest BCUT2D eigenvalue weighted by Crippen LogP contribution is 2.36. The van der Waals surface area contributed by atoms with E-state index in [2.05, 4.69) is 5.32 Å². The van der Waals surface area contributed by atoms with Crippen molar-refractivity contribution in [2.45, 2.75) is 25.8 Å². The zero-order valence-electron chi connectivity index (χ0n) is 8.82. The van der Waals surface area contributed by atoms with Crippen LogP contribution in [0.3, 0.4) is 0 Å². The van der Waals surface area contributed by atoms with Crippen LogP contribution >= 0.6 is 0 Å². The summed E-state index contributed by atoms with van der Waals surface area (Å²) in [5.41, 5.74) is 0. The lowest BCUT2D eigenvalue weighted by Gasteiger charge is -2.18. The van der Waals surface area contributed by atoms with Gasteiger partial charge in [-0.25, -0.2) is 0 Å². The van der Waals surface area contributed by atoms with E-state index in [-0.39, 0.29) is 24.5 Å². The molecule has 0 aromatic heterocycles. The number of hydrogen-bond donors (Lipinski definition) is 2. The number of carbonyl (C=O) groups is 1. The maximum atomic E-state index is 11.6. The third-order valence-corrected chi connectivity index (χ3v) is 2.68. The quantitative estimate of drug-likeness (QED) is 0.643. The van der Waals surface area contributed by atoms with Crippen LogP contribution in [0, 0.1) is 11.8 Å². The predicted molar refractivity (Wildman–Crippen MR) is 52.8 cm³/mol. The summed E-state index contributed by atoms with van der Waals surface area (Å²) in [5.74, 6) is 0.654. The van der Waals surface area contributed by atoms with Gasteiger partial charge in [0, 0.05) is 13.0 Å². The van der Waals surface area contributed by atoms with Crippen molar-refractivity contribution in [1.82, 2.24) is 5.32 Å². The summed E-state index contributed by atoms with van der Waals surface area (Å²) in [6.45, 7) is 2.23. The number of hydrogen-bond acceptors (Lipinski definition) is 3. The van der Waals surface area contributed by atoms with Crippen molar-refractivity contribution in [1.29, 1.82) is 0 Å². The minimum atomic E-state index is -0.270. The Labute approximate surface area is 84.6 Å². The van der Waals surface area contributed by atoms with Crippen LogP contribution in [0.4, 0.5) is 0 Å². The van der Waals surface area contributed by atoms with Gasteiger partial charge in [0.2, 0.25) is 5.91 Å². The summed E-state index contributed by atoms with van der Waals surface area (Å²) in [7, 11) is 1.55. The van der Waals surface area contributed by atoms with E-state index >= 15 is 0 Å². The number of amides is 1. The Morgan fingerprint density at radius 2 is 2.29 bits per heavy atom. The molecule has 2 unspecified atom stereocenters. The van der Waals surface area contributed by atoms with E-state index in [1.807, 2.05) is 6.92 Å². The van der Waals surface area contributed by atoms with E-state index in [9.17, 15) is 4.79 Å². The van der Waals surface area contributed by atoms with Crippen LogP contribution < -0.4 is 5.32 Å². The summed E-state index contributed by atoms with van der Waals surface area (Å²) in [6.07, 6.45) is 2.31. The first-order valence-corrected chi connectivity index (χ1v) is 5.09. The van der Waals surface area contributed by atoms with Crippen molar-refractivity contribution in [3.05, 3.63) is 0 Å². The average molecular weight is 201 g/mol. The lowest BCUT2D eigenvalue weighted by Crippen LogP contribution is -2.43. The Balaban J connectivity index is 2.29. The van der Waals surface area contributed by atoms with Crippen LogP contribution in [0.5, 0.6) is 0 Å². The molecule has 0 aromatic carbocycles. The molecule has 1 saturated carbocycles. The van der Waals surface area contributed by atoms with Crippen LogP contribution in [0.25, 0.3) is 0 Å². The molecule has 4 nitrogen and oxygen atoms in total. The number of aliphatic hydroxyl groups is 1. The van der Waals surface area contributed by atoms with Gasteiger partial charge in [-0.15, -0.1) is 0 Å². The predicted octanol–water partition coefficient (Wildman–Crippen LogP) is 0.156. The van der Waals surface area contributed by atoms with Gasteiger partial charge in [0.25, 0.3) is 0 Å². The van der Waals surface area contributed by atoms with Crippen molar-refractivity contribution in [3.8, 4) is 0 Å². The molecule has 1 amide bonds. The normalized spacial score (nSPS) is 20.2. The molecule has 0 bridgehead atoms. The van der Waals surface area contributed by atoms with Crippen LogP contribution in [-0.4, -0.2) is 37.4 Å². The van der Waals surface area contributed by atoms with Crippen LogP contribution in [0.15, 0.2) is 0 Å². The second-order valence-corrected chi connectivity index (χ2v) is 3.97. The summed E-state index contributed by atoms with van der Waals surface area (Å²) < 4.78 is 4.88. The number of aliphatic hydroxyl groups excluding tert-OH is 1. The van der Waals surface area contributed by atoms with Gasteiger partial charge >= 0.3 is 0 Å². The lowest BCUT2D eigenvalue weighted by molar-refractivity contribution is -0.126. The average Bonchev–Trinajstić information content (AvgIpc) is 2.99. The van der Waals surface area contributed by atoms with Crippen LogP contribution in [0.2, 0.25) is 0 Å². The minimum absolute atomic E-state index is 0.0311. The molecule has 0 aliphatic heterocycles. The third kappa shape index (κ3) is 3.27. The molecule has 4 heteroatoms. The molecule has 0 saturated heterocycles. The van der Waals surface area contributed by atoms with Gasteiger partial charge in [0.1, 0.15) is 0 Å². The molecule has 0 radical (unpaired) electrons. The third-order valence-electron chi connectivity index (χ3n) is 2.68. The van der Waals surface area contributed by atoms with Gasteiger partial charge in [-0.2, -0.15) is 0 Å². The highest BCUT2D eigenvalue weighted by molar-refractivity contribution is 5.79. The maximum Gasteiger partial charge on any atom is 0.223 e. The maximum absolute atomic E-state index is 11.6. The summed E-state index contributed by atoms with van der Waals surface area (Å²) in [6, 6.07) is -0.270. The Morgan fingerprint density at radius 3 is 2.71 bits per heavy atom. The zero-order valence-corrected chi connectivity index (χ0v) is 8.82. The number of nitrogens with one attached hydrogen (secondary N) is 1. The summed E-state index contributed by atoms with van der Waals surface area (Å²) in [5, 5.41) is 11.7. The van der Waals surface area contributed by atoms with Crippen LogP contribution in [-0.2, 0) is 9.53 Å². The van der Waals surface area contributed by atoms with Gasteiger partial charge in [-0.05, 0) is 18.8 Å². The second kappa shape index (κ2) is 5.32. The topological polar surface area (TPSA) is 58.6 Å². The minimum Gasteiger partial charge on any atom is -0.394 e. The van der Waals surface area contributed by atoms with E-state index in [0.717, 1.165) is 12.8 Å². The molecule has 2 N–H and O–H groups in total. The molecule has 0 spiro atoms. The molecule has 1 aliphatic carbocycles. The molecular weight excluding hydrogens is 182 g/mol. The van der Waals surface area contributed by atoms with Gasteiger partial charge in [0.05, 0.1) is 19.3 Å². The molecule has 1 aliphatic rings. The fourth-order valence-corrected chi connectivity index (χ4v) is 1.48. The Kier molecular flexibility index (Phi) is 4.35. The molecule has 82 valence electrons. The largest absolute Gasteiger partial charge is 0.394 e. The first-order chi connectivity index (χ1) is 6.69. The fraction of sp³-hybridized carbons (Fsp3) is 0.900. The van der Waals surface area contributed by atoms with Gasteiger partial charge < -0.3 is 15.2 Å². The lowest BCUT2D eigenvalue weighted by atomic mass is 10.1. The van der Waals surface area contributed by atoms with Gasteiger partial charge in [-0.1, -0.05) is 6.92 Å². The number of carbonyl (C=O) groups excluding carboxylic acids is 1. The van der Waals surface area contributed by atoms with E-state index in [1.165, 1.54) is 0 Å². The van der Waals surface area contributed by atoms with Crippen molar-refractivity contribution >= 4 is 5.91 Å². The number of rotatable bonds is 6. The second-order valence-electron chi connectivity index (χ2n) is 3.97. The fourth-order valence-electron chi connectivity index (χ4n) is 1.48. The molecule has 0 aromatic rings. The number of methoxy groups -OCH3 is 1. The van der Waals surface area contributed by atoms with E-state index in [0.29, 0.717) is 12.5 Å². The molecule has 14 heavy (non-hydrogen) atoms. The molecule has 1 fully saturated rings. The first kappa shape index (κ1) is 11.5. The Morgan fingerprint density at radius 1 is 1.64 bits per heavy atom. The van der Waals surface area contributed by atoms with Gasteiger partial charge in [0.15, 0.2) is 0 Å². The zero-order chi connectivity index (χ0) is 10.6. The molecule has 2 atom stereocenters. The highest BCUT2D eigenvalue weighted by Gasteiger charge is 2.33. The SMILES string of the molecule is COCC(CO)NC(=O)C(C)C1CC1. The smallest absolute Gasteiger partial charge is 0.223 e. The highest BCUT2D eigenvalue weighted by atomic mass is 16.5. The van der Waals surface area contributed by atoms with E-state index < -0.39 is 0 Å². The first-order valence-electron chi connectivity index (χ1n) is 5.09.